The lowest BCUT2D eigenvalue weighted by Crippen LogP contribution is -2.44. The number of amides is 1. The fourth-order valence-electron chi connectivity index (χ4n) is 0.841. The summed E-state index contributed by atoms with van der Waals surface area (Å²) in [4.78, 5) is 10.7. The first-order chi connectivity index (χ1) is 5.54. The number of nitriles is 1. The van der Waals surface area contributed by atoms with Gasteiger partial charge in [-0.3, -0.25) is 4.79 Å². The van der Waals surface area contributed by atoms with Crippen LogP contribution in [0, 0.1) is 11.3 Å². The summed E-state index contributed by atoms with van der Waals surface area (Å²) in [7, 11) is 1.56. The highest BCUT2D eigenvalue weighted by Gasteiger charge is 2.23. The molecule has 1 N–H and O–H groups in total. The molecule has 0 saturated carbocycles. The minimum Gasteiger partial charge on any atom is -0.385 e. The van der Waals surface area contributed by atoms with Crippen LogP contribution in [0.25, 0.3) is 0 Å². The van der Waals surface area contributed by atoms with Gasteiger partial charge in [-0.2, -0.15) is 5.26 Å². The Morgan fingerprint density at radius 3 is 2.67 bits per heavy atom. The van der Waals surface area contributed by atoms with Gasteiger partial charge < -0.3 is 10.1 Å². The summed E-state index contributed by atoms with van der Waals surface area (Å²) in [5, 5.41) is 11.3. The lowest BCUT2D eigenvalue weighted by atomic mass is 10.0. The van der Waals surface area contributed by atoms with Gasteiger partial charge >= 0.3 is 0 Å². The van der Waals surface area contributed by atoms with Gasteiger partial charge in [-0.25, -0.2) is 0 Å². The zero-order valence-corrected chi connectivity index (χ0v) is 7.68. The Kier molecular flexibility index (Phi) is 4.30. The monoisotopic (exact) mass is 170 g/mol. The smallest absolute Gasteiger partial charge is 0.218 e. The summed E-state index contributed by atoms with van der Waals surface area (Å²) in [5.74, 6) is -0.199. The van der Waals surface area contributed by atoms with Gasteiger partial charge in [0.2, 0.25) is 5.91 Å². The molecule has 0 aliphatic rings. The zero-order valence-electron chi connectivity index (χ0n) is 7.68. The van der Waals surface area contributed by atoms with Crippen LogP contribution in [-0.4, -0.2) is 25.2 Å². The second kappa shape index (κ2) is 4.73. The van der Waals surface area contributed by atoms with Crippen molar-refractivity contribution >= 4 is 5.91 Å². The molecule has 1 amide bonds. The fourth-order valence-corrected chi connectivity index (χ4v) is 0.841. The van der Waals surface area contributed by atoms with Crippen LogP contribution in [0.1, 0.15) is 20.3 Å². The zero-order chi connectivity index (χ0) is 9.61. The van der Waals surface area contributed by atoms with Crippen molar-refractivity contribution in [2.75, 3.05) is 13.7 Å². The molecule has 0 fully saturated rings. The molecule has 0 bridgehead atoms. The Morgan fingerprint density at radius 2 is 2.33 bits per heavy atom. The molecule has 1 unspecified atom stereocenters. The van der Waals surface area contributed by atoms with E-state index in [-0.39, 0.29) is 5.91 Å². The van der Waals surface area contributed by atoms with E-state index in [1.807, 2.05) is 6.07 Å². The lowest BCUT2D eigenvalue weighted by molar-refractivity contribution is -0.120. The molecule has 0 aliphatic carbocycles. The normalized spacial score (nSPS) is 14.5. The van der Waals surface area contributed by atoms with Gasteiger partial charge in [-0.15, -0.1) is 0 Å². The molecule has 0 heterocycles. The Morgan fingerprint density at radius 1 is 1.75 bits per heavy atom. The highest BCUT2D eigenvalue weighted by atomic mass is 16.5. The van der Waals surface area contributed by atoms with Crippen molar-refractivity contribution in [3.63, 3.8) is 0 Å². The van der Waals surface area contributed by atoms with Crippen LogP contribution in [0.3, 0.4) is 0 Å². The molecule has 12 heavy (non-hydrogen) atoms. The topological polar surface area (TPSA) is 62.1 Å². The summed E-state index contributed by atoms with van der Waals surface area (Å²) in [5.41, 5.74) is -0.804. The van der Waals surface area contributed by atoms with E-state index in [0.29, 0.717) is 13.0 Å². The summed E-state index contributed by atoms with van der Waals surface area (Å²) in [6.07, 6.45) is 0.500. The summed E-state index contributed by atoms with van der Waals surface area (Å²) >= 11 is 0. The maximum absolute atomic E-state index is 10.7. The van der Waals surface area contributed by atoms with E-state index in [2.05, 4.69) is 5.32 Å². The number of hydrogen-bond acceptors (Lipinski definition) is 3. The molecule has 0 aromatic heterocycles. The number of nitrogens with one attached hydrogen (secondary N) is 1. The second-order valence-corrected chi connectivity index (χ2v) is 2.87. The van der Waals surface area contributed by atoms with Crippen molar-refractivity contribution in [3.8, 4) is 6.07 Å². The molecule has 0 spiro atoms. The van der Waals surface area contributed by atoms with Crippen molar-refractivity contribution in [2.45, 2.75) is 25.8 Å². The minimum atomic E-state index is -0.804. The lowest BCUT2D eigenvalue weighted by Gasteiger charge is -2.21. The fraction of sp³-hybridized carbons (Fsp3) is 0.750. The number of rotatable bonds is 4. The third-order valence-corrected chi connectivity index (χ3v) is 1.50. The molecule has 0 aliphatic heterocycles. The number of ether oxygens (including phenoxy) is 1. The van der Waals surface area contributed by atoms with E-state index >= 15 is 0 Å². The van der Waals surface area contributed by atoms with Crippen LogP contribution >= 0.6 is 0 Å². The predicted octanol–water partition coefficient (Wildman–Crippen LogP) is 0.441. The molecule has 4 heteroatoms. The summed E-state index contributed by atoms with van der Waals surface area (Å²) in [6, 6.07) is 2.03. The van der Waals surface area contributed by atoms with E-state index in [4.69, 9.17) is 10.00 Å². The van der Waals surface area contributed by atoms with Gasteiger partial charge in [0, 0.05) is 27.1 Å². The average Bonchev–Trinajstić information content (AvgIpc) is 2.00. The Hall–Kier alpha value is -1.08. The van der Waals surface area contributed by atoms with Gasteiger partial charge in [-0.05, 0) is 6.92 Å². The number of carbonyl (C=O) groups excluding carboxylic acids is 1. The minimum absolute atomic E-state index is 0.199. The Bertz CT molecular complexity index is 198. The highest BCUT2D eigenvalue weighted by Crippen LogP contribution is 2.07. The molecule has 4 nitrogen and oxygen atoms in total. The second-order valence-electron chi connectivity index (χ2n) is 2.87. The summed E-state index contributed by atoms with van der Waals surface area (Å²) < 4.78 is 4.82. The molecule has 0 radical (unpaired) electrons. The Balaban J connectivity index is 4.07. The molecule has 0 aromatic rings. The first-order valence-corrected chi connectivity index (χ1v) is 3.73. The third kappa shape index (κ3) is 3.94. The number of methoxy groups -OCH3 is 1. The van der Waals surface area contributed by atoms with E-state index in [1.54, 1.807) is 14.0 Å². The first-order valence-electron chi connectivity index (χ1n) is 3.73. The molecule has 0 aromatic carbocycles. The van der Waals surface area contributed by atoms with Gasteiger partial charge in [0.05, 0.1) is 6.07 Å². The number of nitrogens with zero attached hydrogens (tertiary/aromatic N) is 1. The van der Waals surface area contributed by atoms with Gasteiger partial charge in [0.25, 0.3) is 0 Å². The molecule has 0 saturated heterocycles. The summed E-state index contributed by atoms with van der Waals surface area (Å²) in [6.45, 7) is 3.53. The number of hydrogen-bond donors (Lipinski definition) is 1. The first kappa shape index (κ1) is 10.9. The van der Waals surface area contributed by atoms with Gasteiger partial charge in [0.15, 0.2) is 0 Å². The highest BCUT2D eigenvalue weighted by molar-refractivity contribution is 5.74. The Labute approximate surface area is 72.5 Å². The van der Waals surface area contributed by atoms with Crippen LogP contribution in [0.15, 0.2) is 0 Å². The maximum Gasteiger partial charge on any atom is 0.218 e. The van der Waals surface area contributed by atoms with Crippen molar-refractivity contribution in [2.24, 2.45) is 0 Å². The van der Waals surface area contributed by atoms with Gasteiger partial charge in [0.1, 0.15) is 5.54 Å². The molecular formula is C8H14N2O2. The number of carbonyl (C=O) groups is 1. The maximum atomic E-state index is 10.7. The predicted molar refractivity (Wildman–Crippen MR) is 44.3 cm³/mol. The van der Waals surface area contributed by atoms with Crippen LogP contribution in [0.5, 0.6) is 0 Å². The van der Waals surface area contributed by atoms with E-state index in [0.717, 1.165) is 0 Å². The van der Waals surface area contributed by atoms with E-state index in [1.165, 1.54) is 6.92 Å². The van der Waals surface area contributed by atoms with Crippen LogP contribution in [0.4, 0.5) is 0 Å². The van der Waals surface area contributed by atoms with Crippen molar-refractivity contribution in [3.05, 3.63) is 0 Å². The quantitative estimate of drug-likeness (QED) is 0.666. The SMILES string of the molecule is COCCC(C)(C#N)NC(C)=O. The van der Waals surface area contributed by atoms with E-state index < -0.39 is 5.54 Å². The molecule has 1 atom stereocenters. The van der Waals surface area contributed by atoms with Crippen LogP contribution in [0.2, 0.25) is 0 Å². The standard InChI is InChI=1S/C8H14N2O2/c1-7(11)10-8(2,6-9)4-5-12-3/h4-5H2,1-3H3,(H,10,11). The van der Waals surface area contributed by atoms with Crippen molar-refractivity contribution in [1.29, 1.82) is 5.26 Å². The van der Waals surface area contributed by atoms with Crippen LogP contribution in [-0.2, 0) is 9.53 Å². The average molecular weight is 170 g/mol. The van der Waals surface area contributed by atoms with Crippen molar-refractivity contribution < 1.29 is 9.53 Å². The van der Waals surface area contributed by atoms with Crippen molar-refractivity contribution in [1.82, 2.24) is 5.32 Å². The largest absolute Gasteiger partial charge is 0.385 e. The molecular weight excluding hydrogens is 156 g/mol. The molecule has 0 rings (SSSR count). The van der Waals surface area contributed by atoms with Crippen LogP contribution < -0.4 is 5.32 Å². The third-order valence-electron chi connectivity index (χ3n) is 1.50. The van der Waals surface area contributed by atoms with E-state index in [9.17, 15) is 4.79 Å². The molecule has 68 valence electrons. The van der Waals surface area contributed by atoms with Gasteiger partial charge in [-0.1, -0.05) is 0 Å².